The molecule has 0 aliphatic carbocycles. The van der Waals surface area contributed by atoms with Gasteiger partial charge in [0.15, 0.2) is 5.65 Å². The van der Waals surface area contributed by atoms with Crippen molar-refractivity contribution in [1.29, 1.82) is 0 Å². The van der Waals surface area contributed by atoms with Crippen molar-refractivity contribution in [3.63, 3.8) is 0 Å². The summed E-state index contributed by atoms with van der Waals surface area (Å²) in [6, 6.07) is 14.2. The van der Waals surface area contributed by atoms with Crippen molar-refractivity contribution in [3.05, 3.63) is 72.9 Å². The maximum atomic E-state index is 13.1. The van der Waals surface area contributed by atoms with Gasteiger partial charge in [-0.3, -0.25) is 10.1 Å². The summed E-state index contributed by atoms with van der Waals surface area (Å²) in [5.74, 6) is -0.278. The highest BCUT2D eigenvalue weighted by Gasteiger charge is 2.07. The zero-order chi connectivity index (χ0) is 17.5. The number of halogens is 1. The van der Waals surface area contributed by atoms with E-state index in [-0.39, 0.29) is 5.82 Å². The summed E-state index contributed by atoms with van der Waals surface area (Å²) in [4.78, 5) is 13.5. The van der Waals surface area contributed by atoms with Crippen LogP contribution in [-0.2, 0) is 0 Å². The normalized spacial score (nSPS) is 11.3. The lowest BCUT2D eigenvalue weighted by Crippen LogP contribution is -1.92. The Bertz CT molecular complexity index is 1240. The molecular weight excluding hydrogens is 329 g/mol. The summed E-state index contributed by atoms with van der Waals surface area (Å²) < 4.78 is 13.1. The van der Waals surface area contributed by atoms with Gasteiger partial charge in [0.2, 0.25) is 0 Å². The predicted octanol–water partition coefficient (Wildman–Crippen LogP) is 4.37. The molecule has 0 bridgehead atoms. The van der Waals surface area contributed by atoms with E-state index in [1.165, 1.54) is 12.1 Å². The van der Waals surface area contributed by atoms with Gasteiger partial charge in [0, 0.05) is 22.7 Å². The van der Waals surface area contributed by atoms with Crippen LogP contribution in [0.4, 0.5) is 4.39 Å². The number of nitrogens with zero attached hydrogens (tertiary/aromatic N) is 4. The Balaban J connectivity index is 1.57. The molecule has 0 aliphatic rings. The van der Waals surface area contributed by atoms with Crippen molar-refractivity contribution in [2.24, 2.45) is 0 Å². The van der Waals surface area contributed by atoms with Gasteiger partial charge in [0.25, 0.3) is 0 Å². The lowest BCUT2D eigenvalue weighted by molar-refractivity contribution is 0.628. The fourth-order valence-corrected chi connectivity index (χ4v) is 2.94. The summed E-state index contributed by atoms with van der Waals surface area (Å²) in [6.07, 6.45) is 5.26. The Morgan fingerprint density at radius 2 is 1.62 bits per heavy atom. The van der Waals surface area contributed by atoms with E-state index in [9.17, 15) is 4.39 Å². The first-order chi connectivity index (χ1) is 12.8. The largest absolute Gasteiger partial charge is 0.278 e. The topological polar surface area (TPSA) is 67.3 Å². The Labute approximate surface area is 147 Å². The zero-order valence-electron chi connectivity index (χ0n) is 13.5. The van der Waals surface area contributed by atoms with E-state index in [2.05, 4.69) is 31.2 Å². The van der Waals surface area contributed by atoms with Gasteiger partial charge >= 0.3 is 0 Å². The number of H-pyrrole nitrogens is 1. The molecule has 0 amide bonds. The molecule has 0 saturated heterocycles. The molecule has 3 aromatic heterocycles. The van der Waals surface area contributed by atoms with Crippen molar-refractivity contribution in [2.75, 3.05) is 0 Å². The second-order valence-electron chi connectivity index (χ2n) is 6.00. The molecule has 26 heavy (non-hydrogen) atoms. The van der Waals surface area contributed by atoms with Crippen LogP contribution in [-0.4, -0.2) is 25.1 Å². The van der Waals surface area contributed by atoms with Crippen molar-refractivity contribution >= 4 is 22.1 Å². The Morgan fingerprint density at radius 3 is 2.50 bits per heavy atom. The number of nitrogens with one attached hydrogen (secondary N) is 1. The molecule has 0 radical (unpaired) electrons. The average molecular weight is 341 g/mol. The summed E-state index contributed by atoms with van der Waals surface area (Å²) in [7, 11) is 0. The predicted molar refractivity (Wildman–Crippen MR) is 97.8 cm³/mol. The molecule has 1 N–H and O–H groups in total. The van der Waals surface area contributed by atoms with Crippen LogP contribution in [0.3, 0.4) is 0 Å². The molecule has 0 unspecified atom stereocenters. The molecule has 3 heterocycles. The number of benzene rings is 2. The summed E-state index contributed by atoms with van der Waals surface area (Å²) in [6.45, 7) is 0. The monoisotopic (exact) mass is 341 g/mol. The van der Waals surface area contributed by atoms with Crippen LogP contribution in [0.1, 0.15) is 0 Å². The Hall–Kier alpha value is -3.67. The van der Waals surface area contributed by atoms with Crippen LogP contribution >= 0.6 is 0 Å². The first kappa shape index (κ1) is 14.7. The molecule has 124 valence electrons. The van der Waals surface area contributed by atoms with Crippen LogP contribution in [0.15, 0.2) is 67.1 Å². The van der Waals surface area contributed by atoms with E-state index in [0.717, 1.165) is 27.6 Å². The fourth-order valence-electron chi connectivity index (χ4n) is 2.94. The number of rotatable bonds is 2. The molecule has 5 nitrogen and oxygen atoms in total. The molecule has 0 aliphatic heterocycles. The van der Waals surface area contributed by atoms with E-state index >= 15 is 0 Å². The number of hydrogen-bond acceptors (Lipinski definition) is 4. The minimum Gasteiger partial charge on any atom is -0.278 e. The average Bonchev–Trinajstić information content (AvgIpc) is 3.15. The van der Waals surface area contributed by atoms with Gasteiger partial charge in [-0.2, -0.15) is 5.10 Å². The molecule has 0 saturated carbocycles. The summed E-state index contributed by atoms with van der Waals surface area (Å²) >= 11 is 0. The Morgan fingerprint density at radius 1 is 0.769 bits per heavy atom. The first-order valence-corrected chi connectivity index (χ1v) is 8.08. The maximum absolute atomic E-state index is 13.1. The SMILES string of the molecule is Fc1ccc(-c2cnc3cc(-c4ccc5[nH]ncc5c4)cnc3n2)cc1. The highest BCUT2D eigenvalue weighted by molar-refractivity contribution is 5.86. The molecule has 2 aromatic carbocycles. The van der Waals surface area contributed by atoms with Gasteiger partial charge in [-0.15, -0.1) is 0 Å². The lowest BCUT2D eigenvalue weighted by Gasteiger charge is -2.05. The smallest absolute Gasteiger partial charge is 0.178 e. The second kappa shape index (κ2) is 5.70. The lowest BCUT2D eigenvalue weighted by atomic mass is 10.1. The number of fused-ring (bicyclic) bond motifs is 2. The van der Waals surface area contributed by atoms with E-state index in [1.807, 2.05) is 18.2 Å². The number of aromatic nitrogens is 5. The molecule has 0 fully saturated rings. The van der Waals surface area contributed by atoms with Crippen LogP contribution in [0, 0.1) is 5.82 Å². The van der Waals surface area contributed by atoms with E-state index < -0.39 is 0 Å². The van der Waals surface area contributed by atoms with E-state index in [1.54, 1.807) is 30.7 Å². The standard InChI is InChI=1S/C20H12FN5/c21-16-4-1-12(2-5-16)19-11-22-18-8-14(9-23-20(18)25-19)13-3-6-17-15(7-13)10-24-26-17/h1-11H,(H,24,26). The van der Waals surface area contributed by atoms with Crippen molar-refractivity contribution in [3.8, 4) is 22.4 Å². The maximum Gasteiger partial charge on any atom is 0.178 e. The van der Waals surface area contributed by atoms with Gasteiger partial charge in [-0.25, -0.2) is 14.4 Å². The number of pyridine rings is 1. The molecule has 0 spiro atoms. The van der Waals surface area contributed by atoms with E-state index in [0.29, 0.717) is 16.9 Å². The van der Waals surface area contributed by atoms with Crippen molar-refractivity contribution in [1.82, 2.24) is 25.1 Å². The number of aromatic amines is 1. The van der Waals surface area contributed by atoms with Crippen molar-refractivity contribution in [2.45, 2.75) is 0 Å². The number of hydrogen-bond donors (Lipinski definition) is 1. The van der Waals surface area contributed by atoms with Gasteiger partial charge < -0.3 is 0 Å². The third-order valence-electron chi connectivity index (χ3n) is 4.31. The Kier molecular flexibility index (Phi) is 3.21. The van der Waals surface area contributed by atoms with Gasteiger partial charge in [-0.05, 0) is 48.0 Å². The molecule has 0 atom stereocenters. The van der Waals surface area contributed by atoms with Crippen molar-refractivity contribution < 1.29 is 4.39 Å². The third-order valence-corrected chi connectivity index (χ3v) is 4.31. The molecule has 6 heteroatoms. The second-order valence-corrected chi connectivity index (χ2v) is 6.00. The van der Waals surface area contributed by atoms with Gasteiger partial charge in [0.1, 0.15) is 11.3 Å². The minimum absolute atomic E-state index is 0.278. The third kappa shape index (κ3) is 2.48. The molecule has 5 rings (SSSR count). The van der Waals surface area contributed by atoms with Gasteiger partial charge in [-0.1, -0.05) is 6.07 Å². The quantitative estimate of drug-likeness (QED) is 0.517. The fraction of sp³-hybridized carbons (Fsp3) is 0. The van der Waals surface area contributed by atoms with Crippen LogP contribution in [0.2, 0.25) is 0 Å². The summed E-state index contributed by atoms with van der Waals surface area (Å²) in [5, 5.41) is 8.03. The minimum atomic E-state index is -0.278. The van der Waals surface area contributed by atoms with Crippen LogP contribution in [0.25, 0.3) is 44.5 Å². The molecular formula is C20H12FN5. The van der Waals surface area contributed by atoms with Gasteiger partial charge in [0.05, 0.1) is 23.6 Å². The van der Waals surface area contributed by atoms with E-state index in [4.69, 9.17) is 0 Å². The zero-order valence-corrected chi connectivity index (χ0v) is 13.5. The summed E-state index contributed by atoms with van der Waals surface area (Å²) in [5.41, 5.74) is 5.73. The highest BCUT2D eigenvalue weighted by Crippen LogP contribution is 2.25. The van der Waals surface area contributed by atoms with Crippen LogP contribution in [0.5, 0.6) is 0 Å². The molecule has 5 aromatic rings. The highest BCUT2D eigenvalue weighted by atomic mass is 19.1. The first-order valence-electron chi connectivity index (χ1n) is 8.08. The van der Waals surface area contributed by atoms with Crippen LogP contribution < -0.4 is 0 Å².